The predicted octanol–water partition coefficient (Wildman–Crippen LogP) is 5.38. The number of rotatable bonds is 6. The second-order valence-corrected chi connectivity index (χ2v) is 12.6. The molecule has 1 aromatic carbocycles. The van der Waals surface area contributed by atoms with Crippen molar-refractivity contribution < 1.29 is 9.53 Å². The van der Waals surface area contributed by atoms with Gasteiger partial charge in [0, 0.05) is 36.2 Å². The van der Waals surface area contributed by atoms with Crippen molar-refractivity contribution in [2.75, 3.05) is 7.11 Å². The van der Waals surface area contributed by atoms with Gasteiger partial charge >= 0.3 is 5.97 Å². The van der Waals surface area contributed by atoms with Crippen molar-refractivity contribution >= 4 is 5.97 Å². The fourth-order valence-corrected chi connectivity index (χ4v) is 7.31. The van der Waals surface area contributed by atoms with Crippen LogP contribution in [-0.4, -0.2) is 47.6 Å². The molecule has 0 N–H and O–H groups in total. The van der Waals surface area contributed by atoms with Crippen LogP contribution in [0.15, 0.2) is 42.9 Å². The average Bonchev–Trinajstić information content (AvgIpc) is 3.33. The minimum absolute atomic E-state index is 0.140. The molecule has 0 saturated heterocycles. The molecule has 2 saturated carbocycles. The minimum Gasteiger partial charge on any atom is -0.465 e. The van der Waals surface area contributed by atoms with Gasteiger partial charge in [0.2, 0.25) is 0 Å². The lowest BCUT2D eigenvalue weighted by Crippen LogP contribution is -2.25. The molecule has 9 nitrogen and oxygen atoms in total. The third-order valence-electron chi connectivity index (χ3n) is 9.46. The summed E-state index contributed by atoms with van der Waals surface area (Å²) in [6.45, 7) is 4.72. The summed E-state index contributed by atoms with van der Waals surface area (Å²) < 4.78 is 11.2. The van der Waals surface area contributed by atoms with Crippen molar-refractivity contribution in [3.63, 3.8) is 0 Å². The zero-order valence-corrected chi connectivity index (χ0v) is 23.7. The number of aryl methyl sites for hydroxylation is 2. The Bertz CT molecular complexity index is 1580. The first-order chi connectivity index (χ1) is 19.3. The van der Waals surface area contributed by atoms with Crippen LogP contribution in [0.2, 0.25) is 0 Å². The van der Waals surface area contributed by atoms with Crippen LogP contribution >= 0.6 is 0 Å². The molecule has 0 aliphatic heterocycles. The molecular weight excluding hydrogens is 502 g/mol. The predicted molar refractivity (Wildman–Crippen MR) is 150 cm³/mol. The maximum Gasteiger partial charge on any atom is 0.341 e. The Morgan fingerprint density at radius 1 is 1.10 bits per heavy atom. The van der Waals surface area contributed by atoms with E-state index >= 15 is 0 Å². The first kappa shape index (κ1) is 25.2. The molecule has 3 heterocycles. The van der Waals surface area contributed by atoms with Crippen molar-refractivity contribution in [2.24, 2.45) is 7.05 Å². The van der Waals surface area contributed by atoms with Crippen LogP contribution in [0.1, 0.15) is 115 Å². The molecule has 40 heavy (non-hydrogen) atoms. The molecule has 0 radical (unpaired) electrons. The maximum absolute atomic E-state index is 12.7. The van der Waals surface area contributed by atoms with Crippen LogP contribution in [0, 0.1) is 0 Å². The Kier molecular flexibility index (Phi) is 5.94. The average molecular weight is 540 g/mol. The van der Waals surface area contributed by atoms with E-state index in [0.29, 0.717) is 17.5 Å². The SMILES string of the molecule is COC(=O)c1cnn(-c2cccc([C@@H]3CCC[C@H](n4ncc5c4C(C)(C)CC5)C3)c2)c1C1CC1c1cn(C)nn1. The first-order valence-corrected chi connectivity index (χ1v) is 14.5. The molecule has 2 fully saturated rings. The number of carbonyl (C=O) groups excluding carboxylic acids is 1. The van der Waals surface area contributed by atoms with Gasteiger partial charge in [0.25, 0.3) is 0 Å². The monoisotopic (exact) mass is 539 g/mol. The molecule has 2 unspecified atom stereocenters. The van der Waals surface area contributed by atoms with Gasteiger partial charge in [0.1, 0.15) is 5.56 Å². The van der Waals surface area contributed by atoms with Crippen molar-refractivity contribution in [1.29, 1.82) is 0 Å². The van der Waals surface area contributed by atoms with E-state index in [1.54, 1.807) is 10.9 Å². The minimum atomic E-state index is -0.355. The zero-order valence-electron chi connectivity index (χ0n) is 23.7. The van der Waals surface area contributed by atoms with E-state index in [4.69, 9.17) is 14.9 Å². The Morgan fingerprint density at radius 2 is 1.98 bits per heavy atom. The number of nitrogens with zero attached hydrogens (tertiary/aromatic N) is 7. The quantitative estimate of drug-likeness (QED) is 0.306. The molecule has 4 aromatic rings. The zero-order chi connectivity index (χ0) is 27.6. The highest BCUT2D eigenvalue weighted by molar-refractivity contribution is 5.91. The van der Waals surface area contributed by atoms with Gasteiger partial charge in [-0.15, -0.1) is 5.10 Å². The lowest BCUT2D eigenvalue weighted by molar-refractivity contribution is 0.0599. The van der Waals surface area contributed by atoms with E-state index in [1.165, 1.54) is 49.6 Å². The number of esters is 1. The topological polar surface area (TPSA) is 92.7 Å². The van der Waals surface area contributed by atoms with E-state index < -0.39 is 0 Å². The highest BCUT2D eigenvalue weighted by Crippen LogP contribution is 2.55. The van der Waals surface area contributed by atoms with Crippen molar-refractivity contribution in [3.8, 4) is 5.69 Å². The number of carbonyl (C=O) groups is 1. The number of hydrogen-bond acceptors (Lipinski definition) is 6. The van der Waals surface area contributed by atoms with Gasteiger partial charge in [-0.2, -0.15) is 10.2 Å². The summed E-state index contributed by atoms with van der Waals surface area (Å²) in [6, 6.07) is 9.15. The van der Waals surface area contributed by atoms with Crippen LogP contribution < -0.4 is 0 Å². The summed E-state index contributed by atoms with van der Waals surface area (Å²) in [7, 11) is 3.30. The molecule has 0 bridgehead atoms. The standard InChI is InChI=1S/C31H37N7O2/c1-31(2)12-11-21-16-32-38(29(21)31)23-10-6-8-20(14-23)19-7-5-9-22(13-19)37-28(26(17-33-37)30(39)40-4)25-15-24(25)27-18-36(3)35-34-27/h5,7,9,13,16-18,20,23-25H,6,8,10-12,14-15H2,1-4H3/t20-,23+,24?,25?/m1/s1. The smallest absolute Gasteiger partial charge is 0.341 e. The van der Waals surface area contributed by atoms with Crippen LogP contribution in [0.5, 0.6) is 0 Å². The van der Waals surface area contributed by atoms with Crippen molar-refractivity contribution in [3.05, 3.63) is 76.6 Å². The lowest BCUT2D eigenvalue weighted by Gasteiger charge is -2.33. The third-order valence-corrected chi connectivity index (χ3v) is 9.46. The number of benzene rings is 1. The van der Waals surface area contributed by atoms with Crippen molar-refractivity contribution in [2.45, 2.75) is 88.0 Å². The third kappa shape index (κ3) is 4.17. The summed E-state index contributed by atoms with van der Waals surface area (Å²) in [5, 5.41) is 18.0. The highest BCUT2D eigenvalue weighted by atomic mass is 16.5. The Hall–Kier alpha value is -3.75. The number of ether oxygens (including phenoxy) is 1. The number of fused-ring (bicyclic) bond motifs is 1. The van der Waals surface area contributed by atoms with Gasteiger partial charge in [0.05, 0.1) is 42.6 Å². The Labute approximate surface area is 234 Å². The van der Waals surface area contributed by atoms with Gasteiger partial charge < -0.3 is 4.74 Å². The normalized spacial score (nSPS) is 25.1. The molecule has 9 heteroatoms. The van der Waals surface area contributed by atoms with Gasteiger partial charge in [-0.25, -0.2) is 9.48 Å². The van der Waals surface area contributed by atoms with E-state index in [2.05, 4.69) is 59.3 Å². The second-order valence-electron chi connectivity index (χ2n) is 12.6. The fourth-order valence-electron chi connectivity index (χ4n) is 7.31. The largest absolute Gasteiger partial charge is 0.465 e. The van der Waals surface area contributed by atoms with Crippen molar-refractivity contribution in [1.82, 2.24) is 34.6 Å². The Balaban J connectivity index is 1.19. The summed E-state index contributed by atoms with van der Waals surface area (Å²) in [5.74, 6) is 0.457. The molecule has 7 rings (SSSR count). The molecule has 3 aromatic heterocycles. The molecule has 4 atom stereocenters. The number of hydrogen-bond donors (Lipinski definition) is 0. The van der Waals surface area contributed by atoms with Gasteiger partial charge in [-0.3, -0.25) is 9.36 Å². The highest BCUT2D eigenvalue weighted by Gasteiger charge is 2.46. The summed E-state index contributed by atoms with van der Waals surface area (Å²) in [5.41, 5.74) is 7.76. The van der Waals surface area contributed by atoms with E-state index in [1.807, 2.05) is 17.9 Å². The summed E-state index contributed by atoms with van der Waals surface area (Å²) in [6.07, 6.45) is 13.6. The molecule has 3 aliphatic rings. The van der Waals surface area contributed by atoms with E-state index in [-0.39, 0.29) is 23.2 Å². The molecule has 208 valence electrons. The number of aromatic nitrogens is 7. The summed E-state index contributed by atoms with van der Waals surface area (Å²) in [4.78, 5) is 12.7. The number of methoxy groups -OCH3 is 1. The lowest BCUT2D eigenvalue weighted by atomic mass is 9.80. The molecule has 3 aliphatic carbocycles. The van der Waals surface area contributed by atoms with Gasteiger partial charge in [-0.05, 0) is 67.7 Å². The Morgan fingerprint density at radius 3 is 2.77 bits per heavy atom. The van der Waals surface area contributed by atoms with Crippen LogP contribution in [0.25, 0.3) is 5.69 Å². The van der Waals surface area contributed by atoms with Gasteiger partial charge in [-0.1, -0.05) is 37.6 Å². The van der Waals surface area contributed by atoms with E-state index in [9.17, 15) is 4.79 Å². The second kappa shape index (κ2) is 9.42. The van der Waals surface area contributed by atoms with Crippen LogP contribution in [0.3, 0.4) is 0 Å². The molecular formula is C31H37N7O2. The van der Waals surface area contributed by atoms with Crippen LogP contribution in [-0.2, 0) is 23.6 Å². The molecule has 0 spiro atoms. The van der Waals surface area contributed by atoms with E-state index in [0.717, 1.165) is 36.3 Å². The van der Waals surface area contributed by atoms with Gasteiger partial charge in [0.15, 0.2) is 0 Å². The summed E-state index contributed by atoms with van der Waals surface area (Å²) >= 11 is 0. The molecule has 0 amide bonds. The van der Waals surface area contributed by atoms with Crippen LogP contribution in [0.4, 0.5) is 0 Å². The fraction of sp³-hybridized carbons (Fsp3) is 0.516. The maximum atomic E-state index is 12.7. The first-order valence-electron chi connectivity index (χ1n) is 14.5.